The molecular formula is C17H15BrClNO. The molecule has 1 aliphatic rings. The quantitative estimate of drug-likeness (QED) is 0.754. The van der Waals surface area contributed by atoms with Gasteiger partial charge in [-0.25, -0.2) is 0 Å². The van der Waals surface area contributed by atoms with Crippen LogP contribution in [0.3, 0.4) is 0 Å². The number of carbonyl (C=O) groups excluding carboxylic acids is 1. The van der Waals surface area contributed by atoms with Crippen molar-refractivity contribution in [3.8, 4) is 0 Å². The van der Waals surface area contributed by atoms with Crippen molar-refractivity contribution < 1.29 is 4.79 Å². The van der Waals surface area contributed by atoms with Gasteiger partial charge in [-0.05, 0) is 40.0 Å². The molecule has 1 amide bonds. The van der Waals surface area contributed by atoms with Gasteiger partial charge in [0.2, 0.25) is 0 Å². The van der Waals surface area contributed by atoms with Gasteiger partial charge < -0.3 is 4.90 Å². The van der Waals surface area contributed by atoms with Crippen LogP contribution < -0.4 is 0 Å². The molecule has 0 spiro atoms. The highest BCUT2D eigenvalue weighted by atomic mass is 79.9. The molecule has 0 bridgehead atoms. The van der Waals surface area contributed by atoms with E-state index in [0.29, 0.717) is 16.5 Å². The van der Waals surface area contributed by atoms with Gasteiger partial charge in [0, 0.05) is 23.5 Å². The molecule has 0 saturated carbocycles. The zero-order valence-electron chi connectivity index (χ0n) is 11.4. The molecule has 4 heteroatoms. The number of nitrogens with zero attached hydrogens (tertiary/aromatic N) is 1. The van der Waals surface area contributed by atoms with E-state index in [1.165, 1.54) is 5.56 Å². The highest BCUT2D eigenvalue weighted by Gasteiger charge is 2.28. The van der Waals surface area contributed by atoms with Crippen molar-refractivity contribution in [3.63, 3.8) is 0 Å². The molecule has 1 aliphatic heterocycles. The Morgan fingerprint density at radius 2 is 1.90 bits per heavy atom. The average molecular weight is 365 g/mol. The smallest absolute Gasteiger partial charge is 0.255 e. The molecule has 1 atom stereocenters. The molecule has 108 valence electrons. The fourth-order valence-electron chi connectivity index (χ4n) is 2.78. The molecule has 2 aromatic carbocycles. The topological polar surface area (TPSA) is 20.3 Å². The van der Waals surface area contributed by atoms with Crippen LogP contribution in [-0.2, 0) is 0 Å². The van der Waals surface area contributed by atoms with Crippen LogP contribution in [0.1, 0.15) is 28.3 Å². The summed E-state index contributed by atoms with van der Waals surface area (Å²) >= 11 is 9.59. The van der Waals surface area contributed by atoms with Crippen LogP contribution in [0, 0.1) is 0 Å². The molecule has 2 aromatic rings. The molecule has 1 heterocycles. The molecule has 0 aromatic heterocycles. The van der Waals surface area contributed by atoms with Gasteiger partial charge in [-0.2, -0.15) is 0 Å². The molecule has 0 radical (unpaired) electrons. The first-order chi connectivity index (χ1) is 10.2. The third-order valence-electron chi connectivity index (χ3n) is 3.93. The number of halogens is 2. The molecule has 0 aliphatic carbocycles. The van der Waals surface area contributed by atoms with Crippen molar-refractivity contribution in [2.45, 2.75) is 12.3 Å². The van der Waals surface area contributed by atoms with E-state index >= 15 is 0 Å². The summed E-state index contributed by atoms with van der Waals surface area (Å²) in [4.78, 5) is 14.5. The summed E-state index contributed by atoms with van der Waals surface area (Å²) in [5, 5.41) is 0.491. The van der Waals surface area contributed by atoms with E-state index in [2.05, 4.69) is 28.1 Å². The Balaban J connectivity index is 1.77. The highest BCUT2D eigenvalue weighted by molar-refractivity contribution is 9.10. The predicted octanol–water partition coefficient (Wildman–Crippen LogP) is 4.73. The molecule has 2 nitrogen and oxygen atoms in total. The lowest BCUT2D eigenvalue weighted by molar-refractivity contribution is 0.0791. The van der Waals surface area contributed by atoms with Crippen LogP contribution in [0.25, 0.3) is 0 Å². The van der Waals surface area contributed by atoms with Crippen LogP contribution in [0.5, 0.6) is 0 Å². The second-order valence-electron chi connectivity index (χ2n) is 5.25. The maximum absolute atomic E-state index is 12.6. The fraction of sp³-hybridized carbons (Fsp3) is 0.235. The van der Waals surface area contributed by atoms with E-state index in [1.54, 1.807) is 6.07 Å². The fourth-order valence-corrected chi connectivity index (χ4v) is 3.35. The molecule has 21 heavy (non-hydrogen) atoms. The first-order valence-corrected chi connectivity index (χ1v) is 8.12. The van der Waals surface area contributed by atoms with Crippen molar-refractivity contribution >= 4 is 33.4 Å². The second-order valence-corrected chi connectivity index (χ2v) is 6.48. The van der Waals surface area contributed by atoms with Gasteiger partial charge >= 0.3 is 0 Å². The Kier molecular flexibility index (Phi) is 4.32. The summed E-state index contributed by atoms with van der Waals surface area (Å²) in [5.41, 5.74) is 1.87. The van der Waals surface area contributed by atoms with Crippen LogP contribution in [0.4, 0.5) is 0 Å². The van der Waals surface area contributed by atoms with Crippen molar-refractivity contribution in [2.24, 2.45) is 0 Å². The number of rotatable bonds is 2. The lowest BCUT2D eigenvalue weighted by Gasteiger charge is -2.18. The number of amides is 1. The summed E-state index contributed by atoms with van der Waals surface area (Å²) in [7, 11) is 0. The number of likely N-dealkylation sites (tertiary alicyclic amines) is 1. The minimum Gasteiger partial charge on any atom is -0.338 e. The first-order valence-electron chi connectivity index (χ1n) is 6.95. The lowest BCUT2D eigenvalue weighted by Crippen LogP contribution is -2.28. The van der Waals surface area contributed by atoms with E-state index in [0.717, 1.165) is 24.0 Å². The van der Waals surface area contributed by atoms with Crippen molar-refractivity contribution in [1.29, 1.82) is 0 Å². The molecular weight excluding hydrogens is 350 g/mol. The minimum absolute atomic E-state index is 0.0136. The minimum atomic E-state index is 0.0136. The van der Waals surface area contributed by atoms with E-state index in [4.69, 9.17) is 11.6 Å². The number of hydrogen-bond acceptors (Lipinski definition) is 1. The molecule has 1 saturated heterocycles. The van der Waals surface area contributed by atoms with Gasteiger partial charge in [0.25, 0.3) is 5.91 Å². The first kappa shape index (κ1) is 14.6. The van der Waals surface area contributed by atoms with Gasteiger partial charge in [0.15, 0.2) is 0 Å². The molecule has 1 fully saturated rings. The number of hydrogen-bond donors (Lipinski definition) is 0. The standard InChI is InChI=1S/C17H15BrClNO/c18-15-8-4-7-14(16(15)19)17(21)20-10-9-13(11-20)12-5-2-1-3-6-12/h1-8,13H,9-11H2. The van der Waals surface area contributed by atoms with E-state index in [1.807, 2.05) is 35.2 Å². The summed E-state index contributed by atoms with van der Waals surface area (Å²) in [6.45, 7) is 1.53. The van der Waals surface area contributed by atoms with Gasteiger partial charge in [-0.3, -0.25) is 4.79 Å². The SMILES string of the molecule is O=C(c1cccc(Br)c1Cl)N1CCC(c2ccccc2)C1. The summed E-state index contributed by atoms with van der Waals surface area (Å²) in [5.74, 6) is 0.431. The van der Waals surface area contributed by atoms with Crippen molar-refractivity contribution in [2.75, 3.05) is 13.1 Å². The van der Waals surface area contributed by atoms with Crippen LogP contribution in [-0.4, -0.2) is 23.9 Å². The Morgan fingerprint density at radius 1 is 1.14 bits per heavy atom. The highest BCUT2D eigenvalue weighted by Crippen LogP contribution is 2.31. The van der Waals surface area contributed by atoms with Crippen LogP contribution in [0.15, 0.2) is 53.0 Å². The normalized spacial score (nSPS) is 18.0. The molecule has 0 N–H and O–H groups in total. The largest absolute Gasteiger partial charge is 0.338 e. The predicted molar refractivity (Wildman–Crippen MR) is 88.9 cm³/mol. The van der Waals surface area contributed by atoms with Gasteiger partial charge in [0.1, 0.15) is 0 Å². The van der Waals surface area contributed by atoms with Gasteiger partial charge in [-0.1, -0.05) is 48.0 Å². The second kappa shape index (κ2) is 6.20. The maximum atomic E-state index is 12.6. The van der Waals surface area contributed by atoms with E-state index in [-0.39, 0.29) is 5.91 Å². The zero-order chi connectivity index (χ0) is 14.8. The number of benzene rings is 2. The summed E-state index contributed by atoms with van der Waals surface area (Å²) in [6, 6.07) is 15.8. The Labute approximate surface area is 137 Å². The maximum Gasteiger partial charge on any atom is 0.255 e. The Morgan fingerprint density at radius 3 is 2.67 bits per heavy atom. The molecule has 3 rings (SSSR count). The Hall–Kier alpha value is -1.32. The number of carbonyl (C=O) groups is 1. The van der Waals surface area contributed by atoms with E-state index in [9.17, 15) is 4.79 Å². The third kappa shape index (κ3) is 2.99. The van der Waals surface area contributed by atoms with Crippen molar-refractivity contribution in [1.82, 2.24) is 4.90 Å². The summed E-state index contributed by atoms with van der Waals surface area (Å²) in [6.07, 6.45) is 1.00. The lowest BCUT2D eigenvalue weighted by atomic mass is 9.99. The summed E-state index contributed by atoms with van der Waals surface area (Å²) < 4.78 is 0.758. The zero-order valence-corrected chi connectivity index (χ0v) is 13.8. The monoisotopic (exact) mass is 363 g/mol. The van der Waals surface area contributed by atoms with Gasteiger partial charge in [-0.15, -0.1) is 0 Å². The van der Waals surface area contributed by atoms with Gasteiger partial charge in [0.05, 0.1) is 10.6 Å². The van der Waals surface area contributed by atoms with Crippen LogP contribution >= 0.6 is 27.5 Å². The third-order valence-corrected chi connectivity index (χ3v) is 5.22. The van der Waals surface area contributed by atoms with Crippen LogP contribution in [0.2, 0.25) is 5.02 Å². The van der Waals surface area contributed by atoms with Crippen molar-refractivity contribution in [3.05, 3.63) is 69.2 Å². The van der Waals surface area contributed by atoms with E-state index < -0.39 is 0 Å². The average Bonchev–Trinajstić information content (AvgIpc) is 3.00. The Bertz CT molecular complexity index is 659. The molecule has 1 unspecified atom stereocenters.